The molecule has 9 heteroatoms. The van der Waals surface area contributed by atoms with Crippen molar-refractivity contribution < 1.29 is 14.4 Å². The predicted octanol–water partition coefficient (Wildman–Crippen LogP) is 10.4. The van der Waals surface area contributed by atoms with E-state index in [9.17, 15) is 14.4 Å². The van der Waals surface area contributed by atoms with E-state index in [2.05, 4.69) is 102 Å². The predicted molar refractivity (Wildman–Crippen MR) is 228 cm³/mol. The van der Waals surface area contributed by atoms with Crippen LogP contribution in [0.1, 0.15) is 187 Å². The summed E-state index contributed by atoms with van der Waals surface area (Å²) in [5.41, 5.74) is 1.12. The van der Waals surface area contributed by atoms with E-state index in [0.29, 0.717) is 18.3 Å². The number of unbranched alkanes of at least 4 members (excludes halogenated alkanes) is 3. The summed E-state index contributed by atoms with van der Waals surface area (Å²) < 4.78 is 1.98. The summed E-state index contributed by atoms with van der Waals surface area (Å²) in [7, 11) is 0. The molecule has 0 saturated heterocycles. The van der Waals surface area contributed by atoms with Crippen LogP contribution in [-0.2, 0) is 27.3 Å². The van der Waals surface area contributed by atoms with Crippen LogP contribution in [0.5, 0.6) is 0 Å². The van der Waals surface area contributed by atoms with Crippen molar-refractivity contribution in [3.05, 3.63) is 11.9 Å². The number of hydrogen-bond acceptors (Lipinski definition) is 5. The second kappa shape index (κ2) is 35.3. The second-order valence-corrected chi connectivity index (χ2v) is 17.8. The summed E-state index contributed by atoms with van der Waals surface area (Å²) in [5.74, 6) is 4.39. The van der Waals surface area contributed by atoms with Gasteiger partial charge in [0, 0.05) is 50.1 Å². The molecule has 1 heterocycles. The van der Waals surface area contributed by atoms with Crippen molar-refractivity contribution in [2.75, 3.05) is 13.1 Å². The third-order valence-corrected chi connectivity index (χ3v) is 8.09. The van der Waals surface area contributed by atoms with Gasteiger partial charge in [-0.25, -0.2) is 0 Å². The summed E-state index contributed by atoms with van der Waals surface area (Å²) in [4.78, 5) is 33.3. The van der Waals surface area contributed by atoms with Gasteiger partial charge in [0.1, 0.15) is 0 Å². The van der Waals surface area contributed by atoms with Crippen LogP contribution in [0.3, 0.4) is 0 Å². The van der Waals surface area contributed by atoms with E-state index < -0.39 is 0 Å². The van der Waals surface area contributed by atoms with E-state index >= 15 is 0 Å². The van der Waals surface area contributed by atoms with E-state index in [1.165, 1.54) is 44.9 Å². The van der Waals surface area contributed by atoms with Gasteiger partial charge in [0.2, 0.25) is 17.7 Å². The zero-order valence-corrected chi connectivity index (χ0v) is 37.9. The fourth-order valence-electron chi connectivity index (χ4n) is 4.74. The van der Waals surface area contributed by atoms with Gasteiger partial charge >= 0.3 is 0 Å². The molecule has 3 amide bonds. The Labute approximate surface area is 329 Å². The van der Waals surface area contributed by atoms with Gasteiger partial charge < -0.3 is 16.0 Å². The maximum absolute atomic E-state index is 11.3. The highest BCUT2D eigenvalue weighted by atomic mass is 16.2. The highest BCUT2D eigenvalue weighted by Crippen LogP contribution is 2.09. The lowest BCUT2D eigenvalue weighted by atomic mass is 10.1. The largest absolute Gasteiger partial charge is 0.356 e. The van der Waals surface area contributed by atoms with Crippen LogP contribution in [-0.4, -0.2) is 51.8 Å². The van der Waals surface area contributed by atoms with Gasteiger partial charge in [-0.05, 0) is 75.5 Å². The van der Waals surface area contributed by atoms with Crippen LogP contribution in [0, 0.1) is 41.4 Å². The first-order valence-corrected chi connectivity index (χ1v) is 21.4. The average Bonchev–Trinajstić information content (AvgIpc) is 3.48. The minimum absolute atomic E-state index is 0.104. The Hall–Kier alpha value is -2.45. The maximum Gasteiger partial charge on any atom is 0.222 e. The summed E-state index contributed by atoms with van der Waals surface area (Å²) >= 11 is 0. The van der Waals surface area contributed by atoms with Crippen molar-refractivity contribution in [3.63, 3.8) is 0 Å². The molecule has 0 aromatic carbocycles. The molecule has 0 bridgehead atoms. The summed E-state index contributed by atoms with van der Waals surface area (Å²) in [6.07, 6.45) is 15.8. The van der Waals surface area contributed by atoms with Crippen LogP contribution in [0.4, 0.5) is 0 Å². The molecule has 0 atom stereocenters. The van der Waals surface area contributed by atoms with Crippen molar-refractivity contribution in [2.45, 2.75) is 200 Å². The SMILES string of the molecule is CC(C)CCCCNC(=O)C(C)C.CC(C)CCCCNC(=O)CCC(C)C.CC(C)CCCCn1cc(CC(C)C)nn1.CC(C)NC(=O)C(C)C. The zero-order valence-electron chi connectivity index (χ0n) is 37.9. The van der Waals surface area contributed by atoms with Gasteiger partial charge in [-0.3, -0.25) is 19.1 Å². The van der Waals surface area contributed by atoms with Crippen LogP contribution in [0.15, 0.2) is 6.20 Å². The molecule has 0 aliphatic carbocycles. The molecule has 1 rings (SSSR count). The number of aryl methyl sites for hydroxylation is 1. The van der Waals surface area contributed by atoms with E-state index in [-0.39, 0.29) is 35.6 Å². The quantitative estimate of drug-likeness (QED) is 0.0963. The Morgan fingerprint density at radius 1 is 0.566 bits per heavy atom. The molecule has 9 nitrogen and oxygen atoms in total. The summed E-state index contributed by atoms with van der Waals surface area (Å²) in [6.45, 7) is 36.4. The maximum atomic E-state index is 11.3. The monoisotopic (exact) mass is 751 g/mol. The third kappa shape index (κ3) is 43.8. The first-order valence-electron chi connectivity index (χ1n) is 21.4. The lowest BCUT2D eigenvalue weighted by Gasteiger charge is -2.09. The Morgan fingerprint density at radius 2 is 1.02 bits per heavy atom. The highest BCUT2D eigenvalue weighted by Gasteiger charge is 2.07. The molecule has 53 heavy (non-hydrogen) atoms. The van der Waals surface area contributed by atoms with Crippen LogP contribution < -0.4 is 16.0 Å². The molecule has 0 aliphatic rings. The molecule has 314 valence electrons. The lowest BCUT2D eigenvalue weighted by molar-refractivity contribution is -0.125. The number of hydrogen-bond donors (Lipinski definition) is 3. The van der Waals surface area contributed by atoms with Gasteiger partial charge in [0.25, 0.3) is 0 Å². The first-order chi connectivity index (χ1) is 24.7. The van der Waals surface area contributed by atoms with Gasteiger partial charge in [-0.15, -0.1) is 5.10 Å². The van der Waals surface area contributed by atoms with E-state index in [1.807, 2.05) is 46.2 Å². The van der Waals surface area contributed by atoms with Crippen molar-refractivity contribution in [2.24, 2.45) is 41.4 Å². The smallest absolute Gasteiger partial charge is 0.222 e. The first kappa shape index (κ1) is 54.9. The van der Waals surface area contributed by atoms with E-state index in [0.717, 1.165) is 68.8 Å². The van der Waals surface area contributed by atoms with Crippen LogP contribution >= 0.6 is 0 Å². The van der Waals surface area contributed by atoms with Crippen molar-refractivity contribution in [1.29, 1.82) is 0 Å². The highest BCUT2D eigenvalue weighted by molar-refractivity contribution is 5.78. The number of carbonyl (C=O) groups is 3. The van der Waals surface area contributed by atoms with Crippen molar-refractivity contribution in [1.82, 2.24) is 30.9 Å². The van der Waals surface area contributed by atoms with E-state index in [4.69, 9.17) is 0 Å². The molecular formula is C44H90N6O3. The number of nitrogens with zero attached hydrogens (tertiary/aromatic N) is 3. The van der Waals surface area contributed by atoms with Crippen LogP contribution in [0.25, 0.3) is 0 Å². The Bertz CT molecular complexity index is 999. The second-order valence-electron chi connectivity index (χ2n) is 17.8. The topological polar surface area (TPSA) is 118 Å². The number of rotatable bonds is 23. The fraction of sp³-hybridized carbons (Fsp3) is 0.886. The van der Waals surface area contributed by atoms with Gasteiger partial charge in [-0.2, -0.15) is 0 Å². The van der Waals surface area contributed by atoms with Crippen LogP contribution in [0.2, 0.25) is 0 Å². The van der Waals surface area contributed by atoms with Crippen molar-refractivity contribution in [3.8, 4) is 0 Å². The number of amides is 3. The molecule has 1 aromatic rings. The molecule has 0 unspecified atom stereocenters. The molecule has 3 N–H and O–H groups in total. The van der Waals surface area contributed by atoms with Gasteiger partial charge in [0.15, 0.2) is 0 Å². The Balaban J connectivity index is -0.000000641. The standard InChI is InChI=1S/C13H25N3.C13H27NO.C11H23NO.C7H15NO/c1-11(2)7-5-6-8-16-10-13(14-15-16)9-12(3)4;1-11(2)7-5-6-10-14-13(15)9-8-12(3)4;1-9(2)7-5-6-8-12-11(13)10(3)4;1-5(2)7(9)8-6(3)4/h10-12H,5-9H2,1-4H3;11-12H,5-10H2,1-4H3,(H,14,15);9-10H,5-8H2,1-4H3,(H,12,13);5-6H,1-4H3,(H,8,9). The average molecular weight is 751 g/mol. The van der Waals surface area contributed by atoms with Crippen molar-refractivity contribution >= 4 is 17.7 Å². The molecule has 0 aliphatic heterocycles. The molecule has 0 saturated carbocycles. The number of aromatic nitrogens is 3. The van der Waals surface area contributed by atoms with Gasteiger partial charge in [0.05, 0.1) is 5.69 Å². The normalized spacial score (nSPS) is 11.1. The number of carbonyl (C=O) groups excluding carboxylic acids is 3. The van der Waals surface area contributed by atoms with Gasteiger partial charge in [-0.1, -0.05) is 141 Å². The molecule has 0 radical (unpaired) electrons. The third-order valence-electron chi connectivity index (χ3n) is 8.09. The molecular weight excluding hydrogens is 661 g/mol. The lowest BCUT2D eigenvalue weighted by Crippen LogP contribution is -2.33. The fourth-order valence-corrected chi connectivity index (χ4v) is 4.74. The molecule has 0 fully saturated rings. The Kier molecular flexibility index (Phi) is 36.5. The zero-order chi connectivity index (χ0) is 41.4. The Morgan fingerprint density at radius 3 is 1.42 bits per heavy atom. The summed E-state index contributed by atoms with van der Waals surface area (Å²) in [6, 6.07) is 0.264. The van der Waals surface area contributed by atoms with E-state index in [1.54, 1.807) is 0 Å². The molecule has 0 spiro atoms. The minimum atomic E-state index is 0.104. The minimum Gasteiger partial charge on any atom is -0.356 e. The summed E-state index contributed by atoms with van der Waals surface area (Å²) in [5, 5.41) is 17.0. The number of nitrogens with one attached hydrogen (secondary N) is 3. The molecule has 1 aromatic heterocycles.